The van der Waals surface area contributed by atoms with Crippen molar-refractivity contribution in [3.8, 4) is 5.75 Å². The minimum absolute atomic E-state index is 0.0861. The second kappa shape index (κ2) is 10.4. The summed E-state index contributed by atoms with van der Waals surface area (Å²) in [6.45, 7) is 7.09. The molecule has 1 heterocycles. The van der Waals surface area contributed by atoms with Crippen LogP contribution in [-0.4, -0.2) is 26.4 Å². The number of nitrogens with zero attached hydrogens (tertiary/aromatic N) is 3. The molecule has 33 heavy (non-hydrogen) atoms. The summed E-state index contributed by atoms with van der Waals surface area (Å²) in [5.74, 6) is 1.73. The molecule has 0 spiro atoms. The van der Waals surface area contributed by atoms with E-state index in [1.165, 1.54) is 22.5 Å². The van der Waals surface area contributed by atoms with Crippen LogP contribution in [0, 0.1) is 13.8 Å². The number of hydrogen-bond acceptors (Lipinski definition) is 5. The number of aryl methyl sites for hydroxylation is 2. The third kappa shape index (κ3) is 5.39. The third-order valence-corrected chi connectivity index (χ3v) is 7.25. The summed E-state index contributed by atoms with van der Waals surface area (Å²) in [5.41, 5.74) is 2.95. The van der Waals surface area contributed by atoms with Crippen molar-refractivity contribution in [2.45, 2.75) is 39.1 Å². The van der Waals surface area contributed by atoms with Crippen molar-refractivity contribution >= 4 is 50.1 Å². The van der Waals surface area contributed by atoms with Crippen LogP contribution in [0.25, 0.3) is 10.8 Å². The van der Waals surface area contributed by atoms with Crippen LogP contribution in [0.4, 0.5) is 5.69 Å². The number of halogens is 1. The van der Waals surface area contributed by atoms with Crippen LogP contribution < -0.4 is 10.1 Å². The standard InChI is InChI=1S/C25H25BrN4O2S/c1-4-30-23(14-32-22-12-9-18-7-5-6-8-20(18)17(22)3)28-29-25(30)33-15-24(31)27-19-10-11-21(26)16(2)13-19/h5-13H,4,14-15H2,1-3H3,(H,27,31). The molecule has 0 bridgehead atoms. The topological polar surface area (TPSA) is 69.0 Å². The number of carbonyl (C=O) groups is 1. The molecule has 0 atom stereocenters. The van der Waals surface area contributed by atoms with E-state index in [1.54, 1.807) is 0 Å². The van der Waals surface area contributed by atoms with Crippen molar-refractivity contribution in [2.75, 3.05) is 11.1 Å². The summed E-state index contributed by atoms with van der Waals surface area (Å²) >= 11 is 4.84. The molecule has 0 fully saturated rings. The van der Waals surface area contributed by atoms with Gasteiger partial charge in [-0.2, -0.15) is 0 Å². The first-order valence-corrected chi connectivity index (χ1v) is 12.5. The predicted molar refractivity (Wildman–Crippen MR) is 137 cm³/mol. The Bertz CT molecular complexity index is 1310. The highest BCUT2D eigenvalue weighted by atomic mass is 79.9. The number of benzene rings is 3. The molecule has 1 aromatic heterocycles. The molecule has 0 aliphatic rings. The average Bonchev–Trinajstić information content (AvgIpc) is 3.21. The highest BCUT2D eigenvalue weighted by Crippen LogP contribution is 2.28. The van der Waals surface area contributed by atoms with E-state index >= 15 is 0 Å². The second-order valence-electron chi connectivity index (χ2n) is 7.64. The van der Waals surface area contributed by atoms with Crippen molar-refractivity contribution in [3.05, 3.63) is 76.0 Å². The maximum atomic E-state index is 12.4. The molecule has 170 valence electrons. The largest absolute Gasteiger partial charge is 0.485 e. The zero-order valence-corrected chi connectivity index (χ0v) is 21.2. The summed E-state index contributed by atoms with van der Waals surface area (Å²) < 4.78 is 9.09. The molecule has 0 unspecified atom stereocenters. The Hall–Kier alpha value is -2.84. The number of rotatable bonds is 8. The zero-order valence-electron chi connectivity index (χ0n) is 18.8. The number of fused-ring (bicyclic) bond motifs is 1. The number of carbonyl (C=O) groups excluding carboxylic acids is 1. The van der Waals surface area contributed by atoms with Gasteiger partial charge in [0, 0.05) is 16.7 Å². The molecule has 3 aromatic carbocycles. The average molecular weight is 525 g/mol. The molecule has 0 saturated carbocycles. The number of nitrogens with one attached hydrogen (secondary N) is 1. The summed E-state index contributed by atoms with van der Waals surface area (Å²) in [6.07, 6.45) is 0. The Morgan fingerprint density at radius 3 is 2.73 bits per heavy atom. The highest BCUT2D eigenvalue weighted by molar-refractivity contribution is 9.10. The molecule has 1 amide bonds. The maximum Gasteiger partial charge on any atom is 0.234 e. The first kappa shape index (κ1) is 23.3. The summed E-state index contributed by atoms with van der Waals surface area (Å²) in [7, 11) is 0. The van der Waals surface area contributed by atoms with Crippen LogP contribution >= 0.6 is 27.7 Å². The van der Waals surface area contributed by atoms with Gasteiger partial charge in [0.2, 0.25) is 5.91 Å². The van der Waals surface area contributed by atoms with Gasteiger partial charge in [0.1, 0.15) is 12.4 Å². The summed E-state index contributed by atoms with van der Waals surface area (Å²) in [4.78, 5) is 12.4. The lowest BCUT2D eigenvalue weighted by Gasteiger charge is -2.12. The van der Waals surface area contributed by atoms with E-state index in [1.807, 2.05) is 54.8 Å². The first-order valence-electron chi connectivity index (χ1n) is 10.7. The van der Waals surface area contributed by atoms with E-state index in [0.717, 1.165) is 32.9 Å². The van der Waals surface area contributed by atoms with Gasteiger partial charge in [-0.3, -0.25) is 4.79 Å². The fourth-order valence-corrected chi connectivity index (χ4v) is 4.67. The molecule has 4 aromatic rings. The number of anilines is 1. The SMILES string of the molecule is CCn1c(COc2ccc3ccccc3c2C)nnc1SCC(=O)Nc1ccc(Br)c(C)c1. The molecule has 0 saturated heterocycles. The second-order valence-corrected chi connectivity index (χ2v) is 9.44. The van der Waals surface area contributed by atoms with Crippen molar-refractivity contribution in [3.63, 3.8) is 0 Å². The first-order chi connectivity index (χ1) is 16.0. The van der Waals surface area contributed by atoms with E-state index in [9.17, 15) is 4.79 Å². The summed E-state index contributed by atoms with van der Waals surface area (Å²) in [6, 6.07) is 18.1. The number of hydrogen-bond donors (Lipinski definition) is 1. The zero-order chi connectivity index (χ0) is 23.4. The molecule has 0 aliphatic carbocycles. The van der Waals surface area contributed by atoms with Crippen LogP contribution in [0.15, 0.2) is 64.2 Å². The van der Waals surface area contributed by atoms with Crippen LogP contribution in [0.3, 0.4) is 0 Å². The molecular weight excluding hydrogens is 500 g/mol. The van der Waals surface area contributed by atoms with Crippen molar-refractivity contribution in [1.29, 1.82) is 0 Å². The molecule has 6 nitrogen and oxygen atoms in total. The normalized spacial score (nSPS) is 11.0. The van der Waals surface area contributed by atoms with E-state index in [0.29, 0.717) is 18.3 Å². The monoisotopic (exact) mass is 524 g/mol. The molecule has 8 heteroatoms. The van der Waals surface area contributed by atoms with Gasteiger partial charge in [0.25, 0.3) is 0 Å². The van der Waals surface area contributed by atoms with E-state index in [-0.39, 0.29) is 11.7 Å². The van der Waals surface area contributed by atoms with Gasteiger partial charge < -0.3 is 14.6 Å². The number of thioether (sulfide) groups is 1. The Morgan fingerprint density at radius 2 is 1.94 bits per heavy atom. The van der Waals surface area contributed by atoms with E-state index in [2.05, 4.69) is 56.6 Å². The fraction of sp³-hybridized carbons (Fsp3) is 0.240. The lowest BCUT2D eigenvalue weighted by molar-refractivity contribution is -0.113. The smallest absolute Gasteiger partial charge is 0.234 e. The van der Waals surface area contributed by atoms with Gasteiger partial charge in [-0.25, -0.2) is 0 Å². The highest BCUT2D eigenvalue weighted by Gasteiger charge is 2.15. The number of amides is 1. The number of aromatic nitrogens is 3. The van der Waals surface area contributed by atoms with E-state index < -0.39 is 0 Å². The third-order valence-electron chi connectivity index (χ3n) is 5.39. The van der Waals surface area contributed by atoms with Gasteiger partial charge >= 0.3 is 0 Å². The van der Waals surface area contributed by atoms with Crippen molar-refractivity contribution < 1.29 is 9.53 Å². The van der Waals surface area contributed by atoms with Crippen LogP contribution in [0.1, 0.15) is 23.9 Å². The summed E-state index contributed by atoms with van der Waals surface area (Å²) in [5, 5.41) is 14.6. The Balaban J connectivity index is 1.39. The van der Waals surface area contributed by atoms with Gasteiger partial charge in [0.05, 0.1) is 5.75 Å². The van der Waals surface area contributed by atoms with Crippen molar-refractivity contribution in [2.24, 2.45) is 0 Å². The molecule has 4 rings (SSSR count). The minimum Gasteiger partial charge on any atom is -0.485 e. The quantitative estimate of drug-likeness (QED) is 0.280. The van der Waals surface area contributed by atoms with Gasteiger partial charge in [-0.15, -0.1) is 10.2 Å². The predicted octanol–water partition coefficient (Wildman–Crippen LogP) is 6.14. The fourth-order valence-electron chi connectivity index (χ4n) is 3.61. The Morgan fingerprint density at radius 1 is 1.12 bits per heavy atom. The van der Waals surface area contributed by atoms with Crippen LogP contribution in [0.2, 0.25) is 0 Å². The van der Waals surface area contributed by atoms with Crippen molar-refractivity contribution in [1.82, 2.24) is 14.8 Å². The molecule has 1 N–H and O–H groups in total. The Kier molecular flexibility index (Phi) is 7.35. The van der Waals surface area contributed by atoms with Gasteiger partial charge in [-0.05, 0) is 66.9 Å². The molecule has 0 radical (unpaired) electrons. The van der Waals surface area contributed by atoms with Gasteiger partial charge in [0.15, 0.2) is 11.0 Å². The number of ether oxygens (including phenoxy) is 1. The molecular formula is C25H25BrN4O2S. The van der Waals surface area contributed by atoms with Crippen LogP contribution in [-0.2, 0) is 17.9 Å². The lowest BCUT2D eigenvalue weighted by Crippen LogP contribution is -2.15. The van der Waals surface area contributed by atoms with Crippen LogP contribution in [0.5, 0.6) is 5.75 Å². The molecule has 0 aliphatic heterocycles. The minimum atomic E-state index is -0.0861. The van der Waals surface area contributed by atoms with Gasteiger partial charge in [-0.1, -0.05) is 58.0 Å². The maximum absolute atomic E-state index is 12.4. The lowest BCUT2D eigenvalue weighted by atomic mass is 10.0. The van der Waals surface area contributed by atoms with E-state index in [4.69, 9.17) is 4.74 Å². The Labute approximate surface area is 205 Å².